The van der Waals surface area contributed by atoms with Crippen LogP contribution >= 0.6 is 11.3 Å². The third-order valence-corrected chi connectivity index (χ3v) is 5.68. The molecular weight excluding hydrogens is 432 g/mol. The molecule has 1 aliphatic heterocycles. The number of amides is 1. The number of non-ortho nitro benzene ring substituents is 1. The van der Waals surface area contributed by atoms with Crippen LogP contribution in [-0.4, -0.2) is 31.9 Å². The summed E-state index contributed by atoms with van der Waals surface area (Å²) in [5.74, 6) is -2.04. The van der Waals surface area contributed by atoms with Gasteiger partial charge in [0.05, 0.1) is 16.5 Å². The summed E-state index contributed by atoms with van der Waals surface area (Å²) in [4.78, 5) is 37.7. The second-order valence-electron chi connectivity index (χ2n) is 6.90. The van der Waals surface area contributed by atoms with Crippen LogP contribution < -0.4 is 4.90 Å². The van der Waals surface area contributed by atoms with E-state index >= 15 is 0 Å². The van der Waals surface area contributed by atoms with Crippen molar-refractivity contribution in [2.24, 2.45) is 0 Å². The van der Waals surface area contributed by atoms with Gasteiger partial charge in [-0.15, -0.1) is 10.2 Å². The van der Waals surface area contributed by atoms with Gasteiger partial charge in [0.15, 0.2) is 11.5 Å². The highest BCUT2D eigenvalue weighted by Crippen LogP contribution is 2.42. The fraction of sp³-hybridized carbons (Fsp3) is 0.0909. The van der Waals surface area contributed by atoms with E-state index in [2.05, 4.69) is 10.2 Å². The molecule has 0 bridgehead atoms. The monoisotopic (exact) mass is 448 g/mol. The predicted octanol–water partition coefficient (Wildman–Crippen LogP) is 3.94. The lowest BCUT2D eigenvalue weighted by atomic mass is 9.95. The van der Waals surface area contributed by atoms with E-state index in [4.69, 9.17) is 0 Å². The zero-order valence-corrected chi connectivity index (χ0v) is 17.5. The molecule has 1 atom stereocenters. The number of rotatable bonds is 6. The number of nitro groups is 1. The Morgan fingerprint density at radius 3 is 2.44 bits per heavy atom. The predicted molar refractivity (Wildman–Crippen MR) is 118 cm³/mol. The maximum absolute atomic E-state index is 13.1. The first-order valence-corrected chi connectivity index (χ1v) is 10.3. The molecule has 0 aliphatic carbocycles. The number of carbonyl (C=O) groups excluding carboxylic acids is 2. The second kappa shape index (κ2) is 8.52. The number of ketones is 1. The van der Waals surface area contributed by atoms with E-state index in [0.717, 1.165) is 16.9 Å². The van der Waals surface area contributed by atoms with Gasteiger partial charge >= 0.3 is 0 Å². The first-order chi connectivity index (χ1) is 15.4. The third kappa shape index (κ3) is 3.91. The second-order valence-corrected chi connectivity index (χ2v) is 8.06. The minimum absolute atomic E-state index is 0.135. The van der Waals surface area contributed by atoms with Crippen molar-refractivity contribution in [2.45, 2.75) is 13.0 Å². The summed E-state index contributed by atoms with van der Waals surface area (Å²) in [7, 11) is 0. The summed E-state index contributed by atoms with van der Waals surface area (Å²) >= 11 is 1.13. The summed E-state index contributed by atoms with van der Waals surface area (Å²) in [5.41, 5.74) is 0.913. The number of nitro benzene ring substituents is 1. The van der Waals surface area contributed by atoms with E-state index in [9.17, 15) is 24.8 Å². The van der Waals surface area contributed by atoms with Gasteiger partial charge in [0.2, 0.25) is 5.13 Å². The van der Waals surface area contributed by atoms with Gasteiger partial charge in [-0.2, -0.15) is 0 Å². The molecule has 0 fully saturated rings. The number of aliphatic hydroxyl groups excluding tert-OH is 1. The molecule has 32 heavy (non-hydrogen) atoms. The number of carbonyl (C=O) groups is 2. The van der Waals surface area contributed by atoms with Crippen molar-refractivity contribution in [3.8, 4) is 0 Å². The third-order valence-electron chi connectivity index (χ3n) is 4.84. The Labute approximate surface area is 186 Å². The number of hydrogen-bond donors (Lipinski definition) is 1. The van der Waals surface area contributed by atoms with Gasteiger partial charge in [0, 0.05) is 12.1 Å². The van der Waals surface area contributed by atoms with Gasteiger partial charge in [0.25, 0.3) is 11.6 Å². The smallest absolute Gasteiger partial charge is 0.296 e. The van der Waals surface area contributed by atoms with Crippen molar-refractivity contribution in [2.75, 3.05) is 4.90 Å². The van der Waals surface area contributed by atoms with Crippen molar-refractivity contribution < 1.29 is 19.6 Å². The van der Waals surface area contributed by atoms with Crippen LogP contribution in [0.3, 0.4) is 0 Å². The lowest BCUT2D eigenvalue weighted by molar-refractivity contribution is -0.384. The van der Waals surface area contributed by atoms with Gasteiger partial charge in [-0.25, -0.2) is 0 Å². The Bertz CT molecular complexity index is 1260. The number of aryl methyl sites for hydroxylation is 1. The van der Waals surface area contributed by atoms with Crippen LogP contribution in [0.5, 0.6) is 0 Å². The van der Waals surface area contributed by atoms with Crippen molar-refractivity contribution in [3.63, 3.8) is 0 Å². The summed E-state index contributed by atoms with van der Waals surface area (Å²) < 4.78 is 0. The summed E-state index contributed by atoms with van der Waals surface area (Å²) in [6.45, 7) is 1.71. The molecule has 0 spiro atoms. The fourth-order valence-corrected chi connectivity index (χ4v) is 4.07. The molecule has 2 heterocycles. The number of anilines is 1. The first-order valence-electron chi connectivity index (χ1n) is 9.45. The number of aromatic nitrogens is 2. The molecule has 1 N–H and O–H groups in total. The van der Waals surface area contributed by atoms with Crippen LogP contribution in [0, 0.1) is 17.0 Å². The SMILES string of the molecule is Cc1nnc(N2C(=O)C(O)=C(C(=O)C=Cc3ccccc3)C2c2ccc([N+](=O)[O-])cc2)s1. The maximum atomic E-state index is 13.1. The van der Waals surface area contributed by atoms with Crippen LogP contribution in [0.2, 0.25) is 0 Å². The molecule has 4 rings (SSSR count). The lowest BCUT2D eigenvalue weighted by Gasteiger charge is -2.23. The highest BCUT2D eigenvalue weighted by atomic mass is 32.1. The van der Waals surface area contributed by atoms with Gasteiger partial charge in [0.1, 0.15) is 5.01 Å². The van der Waals surface area contributed by atoms with Crippen LogP contribution in [0.1, 0.15) is 22.2 Å². The molecule has 2 aromatic carbocycles. The van der Waals surface area contributed by atoms with Crippen molar-refractivity contribution >= 4 is 39.9 Å². The molecule has 160 valence electrons. The van der Waals surface area contributed by atoms with E-state index < -0.39 is 28.4 Å². The number of nitrogens with zero attached hydrogens (tertiary/aromatic N) is 4. The van der Waals surface area contributed by atoms with E-state index in [0.29, 0.717) is 10.6 Å². The zero-order chi connectivity index (χ0) is 22.8. The van der Waals surface area contributed by atoms with Gasteiger partial charge in [-0.3, -0.25) is 24.6 Å². The van der Waals surface area contributed by atoms with E-state index in [-0.39, 0.29) is 16.4 Å². The van der Waals surface area contributed by atoms with Crippen LogP contribution in [0.15, 0.2) is 72.0 Å². The van der Waals surface area contributed by atoms with Crippen molar-refractivity contribution in [1.82, 2.24) is 10.2 Å². The Morgan fingerprint density at radius 2 is 1.84 bits per heavy atom. The fourth-order valence-electron chi connectivity index (χ4n) is 3.36. The number of hydrogen-bond acceptors (Lipinski definition) is 8. The summed E-state index contributed by atoms with van der Waals surface area (Å²) in [6, 6.07) is 13.5. The molecule has 9 nitrogen and oxygen atoms in total. The number of benzene rings is 2. The molecule has 0 saturated carbocycles. The van der Waals surface area contributed by atoms with E-state index in [1.54, 1.807) is 13.0 Å². The molecular formula is C22H16N4O5S. The van der Waals surface area contributed by atoms with E-state index in [1.165, 1.54) is 35.2 Å². The quantitative estimate of drug-likeness (QED) is 0.344. The normalized spacial score (nSPS) is 16.2. The van der Waals surface area contributed by atoms with Crippen LogP contribution in [-0.2, 0) is 9.59 Å². The highest BCUT2D eigenvalue weighted by Gasteiger charge is 2.45. The Morgan fingerprint density at radius 1 is 1.16 bits per heavy atom. The molecule has 1 amide bonds. The maximum Gasteiger partial charge on any atom is 0.296 e. The summed E-state index contributed by atoms with van der Waals surface area (Å²) in [6.07, 6.45) is 2.86. The molecule has 10 heteroatoms. The Balaban J connectivity index is 1.78. The van der Waals surface area contributed by atoms with Crippen molar-refractivity contribution in [1.29, 1.82) is 0 Å². The van der Waals surface area contributed by atoms with Gasteiger partial charge < -0.3 is 5.11 Å². The number of allylic oxidation sites excluding steroid dienone is 1. The Hall–Kier alpha value is -4.18. The van der Waals surface area contributed by atoms with E-state index in [1.807, 2.05) is 30.3 Å². The largest absolute Gasteiger partial charge is 0.503 e. The lowest BCUT2D eigenvalue weighted by Crippen LogP contribution is -2.30. The molecule has 0 saturated heterocycles. The standard InChI is InChI=1S/C22H16N4O5S/c1-13-23-24-22(32-13)25-19(15-8-10-16(11-9-15)26(30)31)18(20(28)21(25)29)17(27)12-7-14-5-3-2-4-6-14/h2-12,19,28H,1H3. The minimum atomic E-state index is -1.01. The highest BCUT2D eigenvalue weighted by molar-refractivity contribution is 7.15. The molecule has 1 unspecified atom stereocenters. The Kier molecular flexibility index (Phi) is 5.61. The molecule has 1 aromatic heterocycles. The van der Waals surface area contributed by atoms with Crippen molar-refractivity contribution in [3.05, 3.63) is 98.3 Å². The van der Waals surface area contributed by atoms with Gasteiger partial charge in [-0.1, -0.05) is 47.7 Å². The molecule has 0 radical (unpaired) electrons. The molecule has 3 aromatic rings. The molecule has 1 aliphatic rings. The summed E-state index contributed by atoms with van der Waals surface area (Å²) in [5, 5.41) is 30.4. The van der Waals surface area contributed by atoms with Crippen LogP contribution in [0.4, 0.5) is 10.8 Å². The minimum Gasteiger partial charge on any atom is -0.503 e. The topological polar surface area (TPSA) is 127 Å². The average molecular weight is 448 g/mol. The first kappa shape index (κ1) is 21.1. The van der Waals surface area contributed by atoms with Gasteiger partial charge in [-0.05, 0) is 36.3 Å². The van der Waals surface area contributed by atoms with Crippen LogP contribution in [0.25, 0.3) is 6.08 Å². The average Bonchev–Trinajstić information content (AvgIpc) is 3.33. The number of aliphatic hydroxyl groups is 1. The zero-order valence-electron chi connectivity index (χ0n) is 16.7.